The molecule has 1 aromatic carbocycles. The van der Waals surface area contributed by atoms with E-state index in [-0.39, 0.29) is 6.04 Å². The Labute approximate surface area is 120 Å². The highest BCUT2D eigenvalue weighted by atomic mass is 35.5. The van der Waals surface area contributed by atoms with Crippen LogP contribution in [0.1, 0.15) is 17.3 Å². The van der Waals surface area contributed by atoms with Crippen molar-refractivity contribution < 1.29 is 0 Å². The first-order valence-corrected chi connectivity index (χ1v) is 6.42. The Bertz CT molecular complexity index is 734. The minimum absolute atomic E-state index is 0.263. The lowest BCUT2D eigenvalue weighted by Crippen LogP contribution is -2.30. The van der Waals surface area contributed by atoms with Crippen molar-refractivity contribution in [3.8, 4) is 0 Å². The molecule has 0 fully saturated rings. The summed E-state index contributed by atoms with van der Waals surface area (Å²) in [5.74, 6) is 5.69. The summed E-state index contributed by atoms with van der Waals surface area (Å²) in [7, 11) is 1.83. The molecule has 3 rings (SSSR count). The van der Waals surface area contributed by atoms with Crippen molar-refractivity contribution in [2.24, 2.45) is 12.9 Å². The minimum atomic E-state index is -0.263. The molecule has 0 radical (unpaired) electrons. The minimum Gasteiger partial charge on any atom is -0.271 e. The molecule has 102 valence electrons. The van der Waals surface area contributed by atoms with Crippen LogP contribution in [0.2, 0.25) is 5.02 Å². The van der Waals surface area contributed by atoms with E-state index in [1.807, 2.05) is 25.2 Å². The van der Waals surface area contributed by atoms with Gasteiger partial charge < -0.3 is 0 Å². The number of aromatic nitrogens is 4. The van der Waals surface area contributed by atoms with E-state index in [0.717, 1.165) is 22.3 Å². The number of hydrogen-bond donors (Lipinski definition) is 2. The summed E-state index contributed by atoms with van der Waals surface area (Å²) in [4.78, 5) is 8.55. The normalized spacial score (nSPS) is 12.8. The Hall–Kier alpha value is -2.02. The molecular formula is C13H13ClN6. The molecule has 0 amide bonds. The molecule has 0 saturated heterocycles. The van der Waals surface area contributed by atoms with Crippen molar-refractivity contribution in [2.75, 3.05) is 0 Å². The van der Waals surface area contributed by atoms with E-state index in [1.165, 1.54) is 0 Å². The van der Waals surface area contributed by atoms with Crippen LogP contribution in [0.5, 0.6) is 0 Å². The van der Waals surface area contributed by atoms with Crippen LogP contribution < -0.4 is 11.3 Å². The molecule has 2 aromatic heterocycles. The number of nitrogens with one attached hydrogen (secondary N) is 1. The topological polar surface area (TPSA) is 81.7 Å². The number of halogens is 1. The Balaban J connectivity index is 2.12. The zero-order valence-corrected chi connectivity index (χ0v) is 11.5. The van der Waals surface area contributed by atoms with Gasteiger partial charge in [-0.3, -0.25) is 20.5 Å². The Morgan fingerprint density at radius 2 is 2.00 bits per heavy atom. The van der Waals surface area contributed by atoms with Crippen LogP contribution in [0.15, 0.2) is 36.8 Å². The molecule has 0 aliphatic carbocycles. The van der Waals surface area contributed by atoms with Gasteiger partial charge in [-0.15, -0.1) is 0 Å². The molecule has 1 unspecified atom stereocenters. The average molecular weight is 289 g/mol. The van der Waals surface area contributed by atoms with Gasteiger partial charge in [0.15, 0.2) is 0 Å². The second kappa shape index (κ2) is 5.16. The van der Waals surface area contributed by atoms with Crippen molar-refractivity contribution >= 4 is 22.6 Å². The van der Waals surface area contributed by atoms with E-state index in [0.29, 0.717) is 5.02 Å². The standard InChI is InChI=1S/C13H13ClN6/c1-20-13(9(14)7-18-20)12(19-15)8-2-3-10-11(6-8)17-5-4-16-10/h2-7,12,19H,15H2,1H3. The van der Waals surface area contributed by atoms with Gasteiger partial charge >= 0.3 is 0 Å². The lowest BCUT2D eigenvalue weighted by atomic mass is 10.0. The molecular weight excluding hydrogens is 276 g/mol. The number of benzene rings is 1. The molecule has 2 heterocycles. The van der Waals surface area contributed by atoms with Gasteiger partial charge in [-0.05, 0) is 17.7 Å². The van der Waals surface area contributed by atoms with Gasteiger partial charge in [-0.1, -0.05) is 17.7 Å². The third-order valence-electron chi connectivity index (χ3n) is 3.20. The van der Waals surface area contributed by atoms with Gasteiger partial charge in [0, 0.05) is 19.4 Å². The number of nitrogens with two attached hydrogens (primary N) is 1. The number of hydrogen-bond acceptors (Lipinski definition) is 5. The zero-order chi connectivity index (χ0) is 14.1. The fraction of sp³-hybridized carbons (Fsp3) is 0.154. The summed E-state index contributed by atoms with van der Waals surface area (Å²) in [5, 5.41) is 4.70. The second-order valence-corrected chi connectivity index (χ2v) is 4.81. The van der Waals surface area contributed by atoms with Gasteiger partial charge in [0.2, 0.25) is 0 Å². The highest BCUT2D eigenvalue weighted by Gasteiger charge is 2.20. The smallest absolute Gasteiger partial charge is 0.0894 e. The average Bonchev–Trinajstić information content (AvgIpc) is 2.80. The summed E-state index contributed by atoms with van der Waals surface area (Å²) in [6.07, 6.45) is 4.93. The third kappa shape index (κ3) is 2.14. The Kier molecular flexibility index (Phi) is 3.35. The molecule has 0 aliphatic heterocycles. The third-order valence-corrected chi connectivity index (χ3v) is 3.50. The van der Waals surface area contributed by atoms with Gasteiger partial charge in [-0.2, -0.15) is 5.10 Å². The van der Waals surface area contributed by atoms with Gasteiger partial charge in [0.1, 0.15) is 0 Å². The van der Waals surface area contributed by atoms with Crippen LogP contribution in [0, 0.1) is 0 Å². The summed E-state index contributed by atoms with van der Waals surface area (Å²) in [5.41, 5.74) is 6.17. The SMILES string of the molecule is Cn1ncc(Cl)c1C(NN)c1ccc2nccnc2c1. The molecule has 3 aromatic rings. The molecule has 20 heavy (non-hydrogen) atoms. The Morgan fingerprint density at radius 3 is 2.65 bits per heavy atom. The lowest BCUT2D eigenvalue weighted by Gasteiger charge is -2.17. The first-order chi connectivity index (χ1) is 9.70. The number of nitrogens with zero attached hydrogens (tertiary/aromatic N) is 4. The van der Waals surface area contributed by atoms with Crippen LogP contribution in [0.4, 0.5) is 0 Å². The molecule has 3 N–H and O–H groups in total. The van der Waals surface area contributed by atoms with Crippen LogP contribution in [0.3, 0.4) is 0 Å². The van der Waals surface area contributed by atoms with Crippen molar-refractivity contribution in [3.05, 3.63) is 53.1 Å². The van der Waals surface area contributed by atoms with Crippen LogP contribution in [-0.2, 0) is 7.05 Å². The predicted molar refractivity (Wildman–Crippen MR) is 76.9 cm³/mol. The van der Waals surface area contributed by atoms with E-state index in [4.69, 9.17) is 17.4 Å². The maximum Gasteiger partial charge on any atom is 0.0894 e. The fourth-order valence-electron chi connectivity index (χ4n) is 2.24. The summed E-state index contributed by atoms with van der Waals surface area (Å²) in [6.45, 7) is 0. The first-order valence-electron chi connectivity index (χ1n) is 6.05. The molecule has 0 spiro atoms. The number of fused-ring (bicyclic) bond motifs is 1. The maximum absolute atomic E-state index is 6.18. The largest absolute Gasteiger partial charge is 0.271 e. The van der Waals surface area contributed by atoms with Crippen molar-refractivity contribution in [2.45, 2.75) is 6.04 Å². The van der Waals surface area contributed by atoms with E-state index in [1.54, 1.807) is 23.3 Å². The number of rotatable bonds is 3. The summed E-state index contributed by atoms with van der Waals surface area (Å²) < 4.78 is 1.70. The van der Waals surface area contributed by atoms with Gasteiger partial charge in [0.25, 0.3) is 0 Å². The van der Waals surface area contributed by atoms with Gasteiger partial charge in [0.05, 0.1) is 34.0 Å². The monoisotopic (exact) mass is 288 g/mol. The van der Waals surface area contributed by atoms with Crippen LogP contribution in [0.25, 0.3) is 11.0 Å². The summed E-state index contributed by atoms with van der Waals surface area (Å²) >= 11 is 6.18. The van der Waals surface area contributed by atoms with Gasteiger partial charge in [-0.25, -0.2) is 5.43 Å². The molecule has 7 heteroatoms. The predicted octanol–water partition coefficient (Wildman–Crippen LogP) is 1.57. The first kappa shape index (κ1) is 13.0. The zero-order valence-electron chi connectivity index (χ0n) is 10.8. The molecule has 0 bridgehead atoms. The van der Waals surface area contributed by atoms with E-state index in [2.05, 4.69) is 20.5 Å². The number of hydrazine groups is 1. The number of aryl methyl sites for hydroxylation is 1. The molecule has 1 atom stereocenters. The van der Waals surface area contributed by atoms with Crippen LogP contribution >= 0.6 is 11.6 Å². The quantitative estimate of drug-likeness (QED) is 0.565. The maximum atomic E-state index is 6.18. The molecule has 0 aliphatic rings. The molecule has 0 saturated carbocycles. The van der Waals surface area contributed by atoms with Crippen molar-refractivity contribution in [3.63, 3.8) is 0 Å². The highest BCUT2D eigenvalue weighted by Crippen LogP contribution is 2.28. The second-order valence-electron chi connectivity index (χ2n) is 4.41. The lowest BCUT2D eigenvalue weighted by molar-refractivity contribution is 0.575. The van der Waals surface area contributed by atoms with Crippen molar-refractivity contribution in [1.29, 1.82) is 0 Å². The van der Waals surface area contributed by atoms with E-state index >= 15 is 0 Å². The highest BCUT2D eigenvalue weighted by molar-refractivity contribution is 6.31. The molecule has 6 nitrogen and oxygen atoms in total. The fourth-order valence-corrected chi connectivity index (χ4v) is 2.51. The van der Waals surface area contributed by atoms with E-state index < -0.39 is 0 Å². The van der Waals surface area contributed by atoms with E-state index in [9.17, 15) is 0 Å². The van der Waals surface area contributed by atoms with Crippen LogP contribution in [-0.4, -0.2) is 19.7 Å². The Morgan fingerprint density at radius 1 is 1.25 bits per heavy atom. The summed E-state index contributed by atoms with van der Waals surface area (Å²) in [6, 6.07) is 5.54. The van der Waals surface area contributed by atoms with Crippen molar-refractivity contribution in [1.82, 2.24) is 25.2 Å².